The van der Waals surface area contributed by atoms with Crippen molar-refractivity contribution in [2.75, 3.05) is 20.8 Å². The molecule has 1 amide bonds. The maximum absolute atomic E-state index is 13.7. The quantitative estimate of drug-likeness (QED) is 0.620. The number of hydrogen-bond donors (Lipinski definition) is 1. The van der Waals surface area contributed by atoms with Crippen molar-refractivity contribution in [1.29, 1.82) is 0 Å². The number of carbonyl (C=O) groups is 1. The Bertz CT molecular complexity index is 1240. The molecular weight excluding hydrogens is 428 g/mol. The van der Waals surface area contributed by atoms with Gasteiger partial charge >= 0.3 is 0 Å². The van der Waals surface area contributed by atoms with E-state index in [1.54, 1.807) is 14.2 Å². The Kier molecular flexibility index (Phi) is 5.90. The Morgan fingerprint density at radius 1 is 0.969 bits per heavy atom. The molecule has 0 saturated carbocycles. The molecule has 0 bridgehead atoms. The lowest BCUT2D eigenvalue weighted by molar-refractivity contribution is 0.1000. The SMILES string of the molecule is COc1cc2c(cc1OC)C(c1ccccc1)N(S(=O)(=O)c1ccc(C(N)=O)cc1)CC2. The summed E-state index contributed by atoms with van der Waals surface area (Å²) in [6, 6.07) is 18.4. The van der Waals surface area contributed by atoms with Gasteiger partial charge in [0.2, 0.25) is 15.9 Å². The lowest BCUT2D eigenvalue weighted by Crippen LogP contribution is -2.40. The molecule has 0 spiro atoms. The van der Waals surface area contributed by atoms with Crippen LogP contribution < -0.4 is 15.2 Å². The fourth-order valence-electron chi connectivity index (χ4n) is 4.09. The van der Waals surface area contributed by atoms with Crippen LogP contribution >= 0.6 is 0 Å². The summed E-state index contributed by atoms with van der Waals surface area (Å²) in [6.07, 6.45) is 0.525. The summed E-state index contributed by atoms with van der Waals surface area (Å²) in [7, 11) is -0.738. The van der Waals surface area contributed by atoms with Crippen LogP contribution in [0, 0.1) is 0 Å². The smallest absolute Gasteiger partial charge is 0.248 e. The van der Waals surface area contributed by atoms with E-state index >= 15 is 0 Å². The van der Waals surface area contributed by atoms with Crippen LogP contribution in [0.15, 0.2) is 71.6 Å². The summed E-state index contributed by atoms with van der Waals surface area (Å²) >= 11 is 0. The molecule has 1 heterocycles. The van der Waals surface area contributed by atoms with Gasteiger partial charge in [-0.05, 0) is 59.5 Å². The maximum Gasteiger partial charge on any atom is 0.248 e. The molecule has 1 atom stereocenters. The number of sulfonamides is 1. The number of amides is 1. The van der Waals surface area contributed by atoms with Gasteiger partial charge in [-0.3, -0.25) is 4.79 Å². The molecule has 0 fully saturated rings. The third-order valence-corrected chi connectivity index (χ3v) is 7.57. The van der Waals surface area contributed by atoms with E-state index in [-0.39, 0.29) is 10.5 Å². The minimum Gasteiger partial charge on any atom is -0.493 e. The largest absolute Gasteiger partial charge is 0.493 e. The molecule has 0 aromatic heterocycles. The molecule has 0 saturated heterocycles. The van der Waals surface area contributed by atoms with E-state index in [4.69, 9.17) is 15.2 Å². The first-order valence-electron chi connectivity index (χ1n) is 10.1. The van der Waals surface area contributed by atoms with Gasteiger partial charge in [0.1, 0.15) is 0 Å². The molecular formula is C24H24N2O5S. The first-order valence-corrected chi connectivity index (χ1v) is 11.5. The molecule has 0 aliphatic carbocycles. The predicted molar refractivity (Wildman–Crippen MR) is 120 cm³/mol. The van der Waals surface area contributed by atoms with Crippen LogP contribution in [0.4, 0.5) is 0 Å². The highest BCUT2D eigenvalue weighted by Crippen LogP contribution is 2.43. The van der Waals surface area contributed by atoms with E-state index in [2.05, 4.69) is 0 Å². The Balaban J connectivity index is 1.86. The van der Waals surface area contributed by atoms with Crippen LogP contribution in [-0.4, -0.2) is 39.4 Å². The number of hydrogen-bond acceptors (Lipinski definition) is 5. The highest BCUT2D eigenvalue weighted by molar-refractivity contribution is 7.89. The van der Waals surface area contributed by atoms with Gasteiger partial charge in [0, 0.05) is 12.1 Å². The van der Waals surface area contributed by atoms with Gasteiger partial charge in [0.25, 0.3) is 0 Å². The Morgan fingerprint density at radius 3 is 2.19 bits per heavy atom. The monoisotopic (exact) mass is 452 g/mol. The van der Waals surface area contributed by atoms with E-state index in [0.29, 0.717) is 24.5 Å². The lowest BCUT2D eigenvalue weighted by atomic mass is 9.89. The normalized spacial score (nSPS) is 16.2. The van der Waals surface area contributed by atoms with Crippen molar-refractivity contribution in [3.05, 3.63) is 89.0 Å². The number of nitrogens with zero attached hydrogens (tertiary/aromatic N) is 1. The molecule has 1 aliphatic rings. The van der Waals surface area contributed by atoms with Crippen molar-refractivity contribution in [3.8, 4) is 11.5 Å². The van der Waals surface area contributed by atoms with Gasteiger partial charge in [-0.25, -0.2) is 8.42 Å². The standard InChI is InChI=1S/C24H24N2O5S/c1-30-21-14-18-12-13-26(32(28,29)19-10-8-17(9-11-19)24(25)27)23(16-6-4-3-5-7-16)20(18)15-22(21)31-2/h3-11,14-15,23H,12-13H2,1-2H3,(H2,25,27). The maximum atomic E-state index is 13.7. The second-order valence-electron chi connectivity index (χ2n) is 7.47. The van der Waals surface area contributed by atoms with E-state index in [1.165, 1.54) is 28.6 Å². The van der Waals surface area contributed by atoms with Crippen molar-refractivity contribution in [2.24, 2.45) is 5.73 Å². The van der Waals surface area contributed by atoms with Gasteiger partial charge < -0.3 is 15.2 Å². The van der Waals surface area contributed by atoms with Crippen LogP contribution in [0.3, 0.4) is 0 Å². The van der Waals surface area contributed by atoms with Crippen molar-refractivity contribution in [1.82, 2.24) is 4.31 Å². The molecule has 32 heavy (non-hydrogen) atoms. The molecule has 2 N–H and O–H groups in total. The number of primary amides is 1. The number of fused-ring (bicyclic) bond motifs is 1. The number of carbonyl (C=O) groups excluding carboxylic acids is 1. The van der Waals surface area contributed by atoms with Crippen LogP contribution in [0.5, 0.6) is 11.5 Å². The summed E-state index contributed by atoms with van der Waals surface area (Å²) in [6.45, 7) is 0.294. The topological polar surface area (TPSA) is 98.9 Å². The summed E-state index contributed by atoms with van der Waals surface area (Å²) in [5, 5.41) is 0. The van der Waals surface area contributed by atoms with E-state index in [9.17, 15) is 13.2 Å². The summed E-state index contributed by atoms with van der Waals surface area (Å²) < 4.78 is 39.8. The van der Waals surface area contributed by atoms with Crippen LogP contribution in [0.1, 0.15) is 33.1 Å². The van der Waals surface area contributed by atoms with Gasteiger partial charge in [-0.1, -0.05) is 30.3 Å². The molecule has 3 aromatic carbocycles. The van der Waals surface area contributed by atoms with Gasteiger partial charge in [0.15, 0.2) is 11.5 Å². The number of rotatable bonds is 6. The molecule has 3 aromatic rings. The third kappa shape index (κ3) is 3.83. The van der Waals surface area contributed by atoms with Crippen molar-refractivity contribution in [3.63, 3.8) is 0 Å². The fourth-order valence-corrected chi connectivity index (χ4v) is 5.68. The molecule has 7 nitrogen and oxygen atoms in total. The molecule has 4 rings (SSSR count). The average Bonchev–Trinajstić information content (AvgIpc) is 2.82. The zero-order chi connectivity index (χ0) is 22.9. The highest BCUT2D eigenvalue weighted by atomic mass is 32.2. The van der Waals surface area contributed by atoms with Crippen LogP contribution in [0.2, 0.25) is 0 Å². The molecule has 8 heteroatoms. The molecule has 1 aliphatic heterocycles. The zero-order valence-corrected chi connectivity index (χ0v) is 18.6. The lowest BCUT2D eigenvalue weighted by Gasteiger charge is -2.37. The second-order valence-corrected chi connectivity index (χ2v) is 9.36. The molecule has 166 valence electrons. The number of nitrogens with two attached hydrogens (primary N) is 1. The van der Waals surface area contributed by atoms with Crippen molar-refractivity contribution in [2.45, 2.75) is 17.4 Å². The fraction of sp³-hybridized carbons (Fsp3) is 0.208. The zero-order valence-electron chi connectivity index (χ0n) is 17.8. The van der Waals surface area contributed by atoms with Crippen LogP contribution in [0.25, 0.3) is 0 Å². The Hall–Kier alpha value is -3.36. The molecule has 1 unspecified atom stereocenters. The minimum absolute atomic E-state index is 0.104. The summed E-state index contributed by atoms with van der Waals surface area (Å²) in [5.41, 5.74) is 8.25. The number of methoxy groups -OCH3 is 2. The Morgan fingerprint density at radius 2 is 1.59 bits per heavy atom. The van der Waals surface area contributed by atoms with Gasteiger partial charge in [-0.15, -0.1) is 0 Å². The average molecular weight is 453 g/mol. The van der Waals surface area contributed by atoms with Crippen molar-refractivity contribution < 1.29 is 22.7 Å². The first kappa shape index (κ1) is 21.9. The highest BCUT2D eigenvalue weighted by Gasteiger charge is 2.38. The van der Waals surface area contributed by atoms with Gasteiger partial charge in [0.05, 0.1) is 25.2 Å². The first-order chi connectivity index (χ1) is 15.4. The van der Waals surface area contributed by atoms with E-state index in [1.807, 2.05) is 42.5 Å². The number of benzene rings is 3. The Labute approximate surface area is 187 Å². The van der Waals surface area contributed by atoms with Crippen LogP contribution in [-0.2, 0) is 16.4 Å². The number of ether oxygens (including phenoxy) is 2. The van der Waals surface area contributed by atoms with Crippen molar-refractivity contribution >= 4 is 15.9 Å². The summed E-state index contributed by atoms with van der Waals surface area (Å²) in [5.74, 6) is 0.540. The van der Waals surface area contributed by atoms with E-state index in [0.717, 1.165) is 16.7 Å². The predicted octanol–water partition coefficient (Wildman–Crippen LogP) is 3.14. The van der Waals surface area contributed by atoms with E-state index < -0.39 is 22.0 Å². The van der Waals surface area contributed by atoms with Gasteiger partial charge in [-0.2, -0.15) is 4.31 Å². The third-order valence-electron chi connectivity index (χ3n) is 5.69. The molecule has 0 radical (unpaired) electrons. The summed E-state index contributed by atoms with van der Waals surface area (Å²) in [4.78, 5) is 11.5. The minimum atomic E-state index is -3.87. The second kappa shape index (κ2) is 8.64.